The number of halogens is 1. The van der Waals surface area contributed by atoms with E-state index in [1.54, 1.807) is 25.1 Å². The number of nitrogens with zero attached hydrogens (tertiary/aromatic N) is 2. The molecule has 152 valence electrons. The number of benzene rings is 2. The van der Waals surface area contributed by atoms with E-state index < -0.39 is 16.1 Å². The highest BCUT2D eigenvalue weighted by molar-refractivity contribution is 7.92. The normalized spacial score (nSPS) is 12.3. The first-order valence-corrected chi connectivity index (χ1v) is 11.1. The fraction of sp³-hybridized carbons (Fsp3) is 0.350. The van der Waals surface area contributed by atoms with Crippen molar-refractivity contribution in [1.82, 2.24) is 5.32 Å². The van der Waals surface area contributed by atoms with Crippen LogP contribution in [0.1, 0.15) is 12.5 Å². The highest BCUT2D eigenvalue weighted by atomic mass is 35.5. The lowest BCUT2D eigenvalue weighted by molar-refractivity contribution is -0.121. The zero-order valence-electron chi connectivity index (χ0n) is 16.5. The topological polar surface area (TPSA) is 69.7 Å². The number of likely N-dealkylation sites (N-methyl/N-ethyl adjacent to an activating group) is 1. The number of sulfonamides is 1. The molecule has 1 N–H and O–H groups in total. The maximum atomic E-state index is 12.6. The number of carbonyl (C=O) groups is 1. The Bertz CT molecular complexity index is 920. The third-order valence-electron chi connectivity index (χ3n) is 4.44. The lowest BCUT2D eigenvalue weighted by Crippen LogP contribution is -2.49. The maximum absolute atomic E-state index is 12.6. The molecule has 0 aliphatic rings. The van der Waals surface area contributed by atoms with E-state index in [1.807, 2.05) is 49.2 Å². The molecule has 0 spiro atoms. The van der Waals surface area contributed by atoms with E-state index >= 15 is 0 Å². The van der Waals surface area contributed by atoms with Crippen molar-refractivity contribution in [3.63, 3.8) is 0 Å². The van der Waals surface area contributed by atoms with E-state index in [1.165, 1.54) is 0 Å². The van der Waals surface area contributed by atoms with Gasteiger partial charge in [-0.25, -0.2) is 8.42 Å². The van der Waals surface area contributed by atoms with Crippen LogP contribution in [-0.2, 0) is 14.8 Å². The summed E-state index contributed by atoms with van der Waals surface area (Å²) in [6, 6.07) is 13.8. The second-order valence-electron chi connectivity index (χ2n) is 6.72. The molecule has 0 bridgehead atoms. The van der Waals surface area contributed by atoms with Gasteiger partial charge in [0.25, 0.3) is 0 Å². The number of carbonyl (C=O) groups excluding carboxylic acids is 1. The van der Waals surface area contributed by atoms with Gasteiger partial charge in [-0.1, -0.05) is 35.9 Å². The smallest absolute Gasteiger partial charge is 0.243 e. The molecule has 0 aliphatic carbocycles. The van der Waals surface area contributed by atoms with Crippen molar-refractivity contribution in [1.29, 1.82) is 0 Å². The molecular weight excluding hydrogens is 398 g/mol. The maximum Gasteiger partial charge on any atom is 0.243 e. The van der Waals surface area contributed by atoms with Crippen molar-refractivity contribution in [3.8, 4) is 0 Å². The molecule has 2 rings (SSSR count). The zero-order valence-corrected chi connectivity index (χ0v) is 18.1. The van der Waals surface area contributed by atoms with Crippen LogP contribution in [0.25, 0.3) is 0 Å². The molecule has 0 heterocycles. The molecule has 0 aliphatic heterocycles. The molecule has 8 heteroatoms. The predicted octanol–water partition coefficient (Wildman–Crippen LogP) is 3.06. The van der Waals surface area contributed by atoms with Gasteiger partial charge >= 0.3 is 0 Å². The predicted molar refractivity (Wildman–Crippen MR) is 116 cm³/mol. The summed E-state index contributed by atoms with van der Waals surface area (Å²) in [6.45, 7) is 4.37. The Morgan fingerprint density at radius 1 is 1.14 bits per heavy atom. The van der Waals surface area contributed by atoms with Gasteiger partial charge < -0.3 is 10.2 Å². The third kappa shape index (κ3) is 5.62. The number of amides is 1. The molecule has 0 saturated heterocycles. The second-order valence-corrected chi connectivity index (χ2v) is 8.98. The average Bonchev–Trinajstić information content (AvgIpc) is 2.64. The van der Waals surface area contributed by atoms with Gasteiger partial charge in [0, 0.05) is 30.8 Å². The Labute approximate surface area is 172 Å². The molecule has 28 heavy (non-hydrogen) atoms. The number of hydrogen-bond acceptors (Lipinski definition) is 4. The minimum absolute atomic E-state index is 0.363. The highest BCUT2D eigenvalue weighted by Crippen LogP contribution is 2.26. The van der Waals surface area contributed by atoms with Gasteiger partial charge in [-0.05, 0) is 43.7 Å². The molecule has 0 unspecified atom stereocenters. The Hall–Kier alpha value is -2.25. The molecule has 0 saturated carbocycles. The van der Waals surface area contributed by atoms with Crippen molar-refractivity contribution < 1.29 is 13.2 Å². The number of nitrogens with one attached hydrogen (secondary N) is 1. The summed E-state index contributed by atoms with van der Waals surface area (Å²) in [5, 5.41) is 3.26. The lowest BCUT2D eigenvalue weighted by Gasteiger charge is -2.29. The monoisotopic (exact) mass is 423 g/mol. The van der Waals surface area contributed by atoms with Crippen LogP contribution >= 0.6 is 11.6 Å². The Morgan fingerprint density at radius 2 is 1.79 bits per heavy atom. The van der Waals surface area contributed by atoms with E-state index in [9.17, 15) is 13.2 Å². The summed E-state index contributed by atoms with van der Waals surface area (Å²) < 4.78 is 25.8. The van der Waals surface area contributed by atoms with Crippen molar-refractivity contribution in [3.05, 3.63) is 59.1 Å². The summed E-state index contributed by atoms with van der Waals surface area (Å²) in [4.78, 5) is 14.6. The zero-order chi connectivity index (χ0) is 20.9. The Morgan fingerprint density at radius 3 is 2.36 bits per heavy atom. The summed E-state index contributed by atoms with van der Waals surface area (Å²) in [5.41, 5.74) is 2.24. The minimum Gasteiger partial charge on any atom is -0.373 e. The number of hydrogen-bond donors (Lipinski definition) is 1. The number of anilines is 2. The van der Waals surface area contributed by atoms with Gasteiger partial charge in [-0.2, -0.15) is 0 Å². The molecule has 2 aromatic carbocycles. The van der Waals surface area contributed by atoms with Crippen LogP contribution in [0.5, 0.6) is 0 Å². The van der Waals surface area contributed by atoms with Gasteiger partial charge in [-0.15, -0.1) is 0 Å². The van der Waals surface area contributed by atoms with Gasteiger partial charge in [0.1, 0.15) is 6.04 Å². The summed E-state index contributed by atoms with van der Waals surface area (Å²) in [6.07, 6.45) is 1.08. The van der Waals surface area contributed by atoms with Gasteiger partial charge in [0.15, 0.2) is 0 Å². The van der Waals surface area contributed by atoms with Gasteiger partial charge in [-0.3, -0.25) is 9.10 Å². The van der Waals surface area contributed by atoms with E-state index in [4.69, 9.17) is 11.6 Å². The molecule has 1 amide bonds. The van der Waals surface area contributed by atoms with Crippen molar-refractivity contribution in [2.45, 2.75) is 19.9 Å². The number of para-hydroxylation sites is 1. The van der Waals surface area contributed by atoms with E-state index in [-0.39, 0.29) is 5.91 Å². The summed E-state index contributed by atoms with van der Waals surface area (Å²) >= 11 is 6.14. The van der Waals surface area contributed by atoms with Crippen LogP contribution in [0.2, 0.25) is 5.02 Å². The second kappa shape index (κ2) is 9.30. The van der Waals surface area contributed by atoms with Crippen molar-refractivity contribution >= 4 is 38.9 Å². The van der Waals surface area contributed by atoms with E-state index in [0.29, 0.717) is 23.8 Å². The van der Waals surface area contributed by atoms with E-state index in [2.05, 4.69) is 5.32 Å². The van der Waals surface area contributed by atoms with E-state index in [0.717, 1.165) is 21.8 Å². The van der Waals surface area contributed by atoms with Crippen LogP contribution in [-0.4, -0.2) is 46.8 Å². The summed E-state index contributed by atoms with van der Waals surface area (Å²) in [5.74, 6) is -0.372. The third-order valence-corrected chi connectivity index (χ3v) is 6.09. The summed E-state index contributed by atoms with van der Waals surface area (Å²) in [7, 11) is -1.74. The number of aryl methyl sites for hydroxylation is 1. The molecular formula is C20H26ClN3O3S. The van der Waals surface area contributed by atoms with Gasteiger partial charge in [0.2, 0.25) is 15.9 Å². The van der Waals surface area contributed by atoms with Crippen LogP contribution < -0.4 is 14.5 Å². The largest absolute Gasteiger partial charge is 0.373 e. The fourth-order valence-electron chi connectivity index (χ4n) is 2.83. The van der Waals surface area contributed by atoms with Crippen LogP contribution in [0, 0.1) is 6.92 Å². The molecule has 0 fully saturated rings. The highest BCUT2D eigenvalue weighted by Gasteiger charge is 2.29. The van der Waals surface area contributed by atoms with Crippen LogP contribution in [0.3, 0.4) is 0 Å². The standard InChI is InChI=1S/C20H26ClN3O3S/c1-15-10-11-18(14-19(15)21)24(28(4,26)27)16(2)20(25)22-12-13-23(3)17-8-6-5-7-9-17/h5-11,14,16H,12-13H2,1-4H3,(H,22,25)/t16-/m0/s1. The Balaban J connectivity index is 2.06. The van der Waals surface area contributed by atoms with Crippen molar-refractivity contribution in [2.24, 2.45) is 0 Å². The fourth-order valence-corrected chi connectivity index (χ4v) is 4.18. The van der Waals surface area contributed by atoms with Crippen LogP contribution in [0.4, 0.5) is 11.4 Å². The first kappa shape index (κ1) is 22.0. The first-order valence-electron chi connectivity index (χ1n) is 8.90. The number of rotatable bonds is 8. The quantitative estimate of drug-likeness (QED) is 0.708. The Kier molecular flexibility index (Phi) is 7.32. The molecule has 6 nitrogen and oxygen atoms in total. The molecule has 2 aromatic rings. The van der Waals surface area contributed by atoms with Crippen molar-refractivity contribution in [2.75, 3.05) is 35.6 Å². The minimum atomic E-state index is -3.67. The molecule has 0 radical (unpaired) electrons. The average molecular weight is 424 g/mol. The van der Waals surface area contributed by atoms with Gasteiger partial charge in [0.05, 0.1) is 11.9 Å². The SMILES string of the molecule is Cc1ccc(N([C@@H](C)C(=O)NCCN(C)c2ccccc2)S(C)(=O)=O)cc1Cl. The van der Waals surface area contributed by atoms with Crippen LogP contribution in [0.15, 0.2) is 48.5 Å². The molecule has 1 atom stereocenters. The molecule has 0 aromatic heterocycles. The lowest BCUT2D eigenvalue weighted by atomic mass is 10.2. The first-order chi connectivity index (χ1) is 13.1.